The van der Waals surface area contributed by atoms with Crippen LogP contribution in [0.1, 0.15) is 18.9 Å². The molecule has 1 unspecified atom stereocenters. The smallest absolute Gasteiger partial charge is 0.217 e. The van der Waals surface area contributed by atoms with Crippen LogP contribution in [0.25, 0.3) is 0 Å². The molecular formula is C13H18ClN3O. The third kappa shape index (κ3) is 2.94. The molecule has 2 rings (SSSR count). The first-order valence-corrected chi connectivity index (χ1v) is 6.48. The number of anilines is 1. The number of benzene rings is 1. The molecule has 0 saturated carbocycles. The van der Waals surface area contributed by atoms with Crippen molar-refractivity contribution in [2.75, 3.05) is 18.0 Å². The number of nitrogens with two attached hydrogens (primary N) is 1. The zero-order chi connectivity index (χ0) is 13.1. The largest absolute Gasteiger partial charge is 0.369 e. The zero-order valence-corrected chi connectivity index (χ0v) is 11.2. The Morgan fingerprint density at radius 3 is 3.06 bits per heavy atom. The van der Waals surface area contributed by atoms with Crippen LogP contribution in [0.15, 0.2) is 18.2 Å². The van der Waals surface area contributed by atoms with Gasteiger partial charge < -0.3 is 16.0 Å². The zero-order valence-electron chi connectivity index (χ0n) is 10.4. The van der Waals surface area contributed by atoms with E-state index in [-0.39, 0.29) is 11.9 Å². The number of hydrogen-bond acceptors (Lipinski definition) is 3. The maximum absolute atomic E-state index is 11.0. The van der Waals surface area contributed by atoms with E-state index in [2.05, 4.69) is 10.2 Å². The molecule has 18 heavy (non-hydrogen) atoms. The van der Waals surface area contributed by atoms with Gasteiger partial charge in [-0.05, 0) is 30.2 Å². The molecule has 0 bridgehead atoms. The Morgan fingerprint density at radius 2 is 2.39 bits per heavy atom. The predicted octanol–water partition coefficient (Wildman–Crippen LogP) is 1.51. The van der Waals surface area contributed by atoms with Crippen LogP contribution < -0.4 is 16.0 Å². The van der Waals surface area contributed by atoms with Crippen molar-refractivity contribution in [3.63, 3.8) is 0 Å². The summed E-state index contributed by atoms with van der Waals surface area (Å²) >= 11 is 5.97. The second kappa shape index (κ2) is 5.59. The first kappa shape index (κ1) is 13.2. The van der Waals surface area contributed by atoms with Gasteiger partial charge in [0.1, 0.15) is 0 Å². The van der Waals surface area contributed by atoms with Crippen molar-refractivity contribution in [1.29, 1.82) is 0 Å². The van der Waals surface area contributed by atoms with Crippen LogP contribution in [0.5, 0.6) is 0 Å². The number of carbonyl (C=O) groups excluding carboxylic acids is 1. The minimum Gasteiger partial charge on any atom is -0.369 e. The number of hydrogen-bond donors (Lipinski definition) is 2. The summed E-state index contributed by atoms with van der Waals surface area (Å²) in [5.41, 5.74) is 7.91. The lowest BCUT2D eigenvalue weighted by Gasteiger charge is -2.22. The number of rotatable bonds is 3. The molecule has 98 valence electrons. The SMILES string of the molecule is CC(=O)NC1CCN(c2ccc(Cl)cc2CN)C1. The van der Waals surface area contributed by atoms with Crippen molar-refractivity contribution in [3.05, 3.63) is 28.8 Å². The van der Waals surface area contributed by atoms with Crippen LogP contribution in [0.3, 0.4) is 0 Å². The van der Waals surface area contributed by atoms with Gasteiger partial charge in [0.15, 0.2) is 0 Å². The lowest BCUT2D eigenvalue weighted by molar-refractivity contribution is -0.119. The van der Waals surface area contributed by atoms with E-state index in [9.17, 15) is 4.79 Å². The normalized spacial score (nSPS) is 19.1. The van der Waals surface area contributed by atoms with Gasteiger partial charge in [-0.3, -0.25) is 4.79 Å². The van der Waals surface area contributed by atoms with Crippen molar-refractivity contribution < 1.29 is 4.79 Å². The molecule has 1 amide bonds. The molecule has 1 fully saturated rings. The van der Waals surface area contributed by atoms with Gasteiger partial charge in [0.2, 0.25) is 5.91 Å². The van der Waals surface area contributed by atoms with Gasteiger partial charge in [-0.2, -0.15) is 0 Å². The van der Waals surface area contributed by atoms with Crippen LogP contribution >= 0.6 is 11.6 Å². The van der Waals surface area contributed by atoms with Crippen LogP contribution in [0.2, 0.25) is 5.02 Å². The third-order valence-corrected chi connectivity index (χ3v) is 3.43. The Morgan fingerprint density at radius 1 is 1.61 bits per heavy atom. The van der Waals surface area contributed by atoms with Crippen molar-refractivity contribution in [3.8, 4) is 0 Å². The summed E-state index contributed by atoms with van der Waals surface area (Å²) in [5, 5.41) is 3.66. The number of carbonyl (C=O) groups is 1. The van der Waals surface area contributed by atoms with Crippen molar-refractivity contribution in [2.45, 2.75) is 25.9 Å². The molecule has 1 aromatic carbocycles. The van der Waals surface area contributed by atoms with Gasteiger partial charge in [0, 0.05) is 43.3 Å². The maximum atomic E-state index is 11.0. The molecule has 1 aliphatic rings. The van der Waals surface area contributed by atoms with Gasteiger partial charge in [0.25, 0.3) is 0 Å². The van der Waals surface area contributed by atoms with Gasteiger partial charge >= 0.3 is 0 Å². The van der Waals surface area contributed by atoms with Gasteiger partial charge in [-0.1, -0.05) is 11.6 Å². The van der Waals surface area contributed by atoms with E-state index >= 15 is 0 Å². The highest BCUT2D eigenvalue weighted by molar-refractivity contribution is 6.30. The van der Waals surface area contributed by atoms with Crippen LogP contribution in [0, 0.1) is 0 Å². The third-order valence-electron chi connectivity index (χ3n) is 3.20. The summed E-state index contributed by atoms with van der Waals surface area (Å²) in [6, 6.07) is 6.01. The molecule has 0 spiro atoms. The summed E-state index contributed by atoms with van der Waals surface area (Å²) in [6.07, 6.45) is 0.965. The molecule has 1 aliphatic heterocycles. The van der Waals surface area contributed by atoms with Crippen molar-refractivity contribution in [1.82, 2.24) is 5.32 Å². The fraction of sp³-hybridized carbons (Fsp3) is 0.462. The molecule has 1 heterocycles. The van der Waals surface area contributed by atoms with Crippen molar-refractivity contribution >= 4 is 23.2 Å². The highest BCUT2D eigenvalue weighted by Gasteiger charge is 2.24. The van der Waals surface area contributed by atoms with Crippen LogP contribution in [0.4, 0.5) is 5.69 Å². The minimum atomic E-state index is 0.0250. The molecule has 1 saturated heterocycles. The second-order valence-corrected chi connectivity index (χ2v) is 5.05. The van der Waals surface area contributed by atoms with E-state index in [0.29, 0.717) is 11.6 Å². The summed E-state index contributed by atoms with van der Waals surface area (Å²) in [5.74, 6) is 0.0250. The fourth-order valence-corrected chi connectivity index (χ4v) is 2.61. The number of nitrogens with zero attached hydrogens (tertiary/aromatic N) is 1. The molecule has 5 heteroatoms. The highest BCUT2D eigenvalue weighted by Crippen LogP contribution is 2.27. The first-order chi connectivity index (χ1) is 8.60. The van der Waals surface area contributed by atoms with E-state index in [1.807, 2.05) is 18.2 Å². The quantitative estimate of drug-likeness (QED) is 0.873. The molecular weight excluding hydrogens is 250 g/mol. The first-order valence-electron chi connectivity index (χ1n) is 6.10. The summed E-state index contributed by atoms with van der Waals surface area (Å²) < 4.78 is 0. The summed E-state index contributed by atoms with van der Waals surface area (Å²) in [6.45, 7) is 3.78. The van der Waals surface area contributed by atoms with Crippen molar-refractivity contribution in [2.24, 2.45) is 5.73 Å². The molecule has 0 aliphatic carbocycles. The second-order valence-electron chi connectivity index (χ2n) is 4.61. The van der Waals surface area contributed by atoms with E-state index in [0.717, 1.165) is 30.8 Å². The number of nitrogens with one attached hydrogen (secondary N) is 1. The minimum absolute atomic E-state index is 0.0250. The lowest BCUT2D eigenvalue weighted by atomic mass is 10.1. The summed E-state index contributed by atoms with van der Waals surface area (Å²) in [4.78, 5) is 13.3. The van der Waals surface area contributed by atoms with E-state index in [1.54, 1.807) is 6.92 Å². The highest BCUT2D eigenvalue weighted by atomic mass is 35.5. The van der Waals surface area contributed by atoms with Gasteiger partial charge in [-0.25, -0.2) is 0 Å². The predicted molar refractivity (Wildman–Crippen MR) is 73.8 cm³/mol. The summed E-state index contributed by atoms with van der Waals surface area (Å²) in [7, 11) is 0. The lowest BCUT2D eigenvalue weighted by Crippen LogP contribution is -2.35. The van der Waals surface area contributed by atoms with Gasteiger partial charge in [-0.15, -0.1) is 0 Å². The molecule has 3 N–H and O–H groups in total. The Labute approximate surface area is 112 Å². The van der Waals surface area contributed by atoms with E-state index in [4.69, 9.17) is 17.3 Å². The number of halogens is 1. The Kier molecular flexibility index (Phi) is 4.09. The standard InChI is InChI=1S/C13H18ClN3O/c1-9(18)16-12-4-5-17(8-12)13-3-2-11(14)6-10(13)7-15/h2-3,6,12H,4-5,7-8,15H2,1H3,(H,16,18). The van der Waals surface area contributed by atoms with E-state index < -0.39 is 0 Å². The average molecular weight is 268 g/mol. The number of amides is 1. The van der Waals surface area contributed by atoms with Crippen LogP contribution in [-0.2, 0) is 11.3 Å². The van der Waals surface area contributed by atoms with Crippen LogP contribution in [-0.4, -0.2) is 25.0 Å². The fourth-order valence-electron chi connectivity index (χ4n) is 2.41. The maximum Gasteiger partial charge on any atom is 0.217 e. The molecule has 1 aromatic rings. The van der Waals surface area contributed by atoms with Gasteiger partial charge in [0.05, 0.1) is 0 Å². The topological polar surface area (TPSA) is 58.4 Å². The average Bonchev–Trinajstić information content (AvgIpc) is 2.76. The molecule has 4 nitrogen and oxygen atoms in total. The molecule has 0 aromatic heterocycles. The molecule has 1 atom stereocenters. The molecule has 0 radical (unpaired) electrons. The Bertz CT molecular complexity index is 450. The van der Waals surface area contributed by atoms with E-state index in [1.165, 1.54) is 0 Å². The monoisotopic (exact) mass is 267 g/mol. The Balaban J connectivity index is 2.11. The Hall–Kier alpha value is -1.26.